The number of carbonyl (C=O) groups is 1. The molecule has 1 saturated carbocycles. The van der Waals surface area contributed by atoms with Crippen LogP contribution in [0.15, 0.2) is 0 Å². The van der Waals surface area contributed by atoms with Gasteiger partial charge in [-0.1, -0.05) is 12.8 Å². The maximum Gasteiger partial charge on any atom is 0.406 e. The van der Waals surface area contributed by atoms with Crippen LogP contribution in [0.2, 0.25) is 0 Å². The summed E-state index contributed by atoms with van der Waals surface area (Å²) in [6.45, 7) is -1.42. The second kappa shape index (κ2) is 5.46. The molecule has 0 unspecified atom stereocenters. The van der Waals surface area contributed by atoms with Gasteiger partial charge >= 0.3 is 6.18 Å². The summed E-state index contributed by atoms with van der Waals surface area (Å²) in [6.07, 6.45) is -1.94. The Balaban J connectivity index is 2.58. The molecule has 1 amide bonds. The zero-order chi connectivity index (χ0) is 14.0. The molecule has 106 valence electrons. The molecule has 0 bridgehead atoms. The van der Waals surface area contributed by atoms with E-state index in [0.29, 0.717) is 17.7 Å². The van der Waals surface area contributed by atoms with Crippen LogP contribution in [0.25, 0.3) is 0 Å². The van der Waals surface area contributed by atoms with Crippen molar-refractivity contribution in [3.63, 3.8) is 0 Å². The number of hydrogen-bond acceptors (Lipinski definition) is 3. The predicted octanol–water partition coefficient (Wildman–Crippen LogP) is 1.36. The van der Waals surface area contributed by atoms with Crippen LogP contribution < -0.4 is 0 Å². The van der Waals surface area contributed by atoms with Gasteiger partial charge in [0.1, 0.15) is 12.3 Å². The third-order valence-corrected chi connectivity index (χ3v) is 5.11. The number of rotatable bonds is 4. The van der Waals surface area contributed by atoms with E-state index in [1.54, 1.807) is 0 Å². The van der Waals surface area contributed by atoms with E-state index in [2.05, 4.69) is 0 Å². The van der Waals surface area contributed by atoms with E-state index in [1.807, 2.05) is 0 Å². The average Bonchev–Trinajstić information content (AvgIpc) is 2.66. The van der Waals surface area contributed by atoms with E-state index in [1.165, 1.54) is 0 Å². The normalized spacial score (nSPS) is 18.0. The predicted molar refractivity (Wildman–Crippen MR) is 59.7 cm³/mol. The van der Waals surface area contributed by atoms with Crippen molar-refractivity contribution in [2.75, 3.05) is 19.3 Å². The molecule has 0 radical (unpaired) electrons. The van der Waals surface area contributed by atoms with Gasteiger partial charge in [-0.15, -0.1) is 0 Å². The molecular formula is C10H16F3NO3S. The summed E-state index contributed by atoms with van der Waals surface area (Å²) in [5.41, 5.74) is 0. The molecule has 0 heterocycles. The Hall–Kier alpha value is -0.790. The van der Waals surface area contributed by atoms with Crippen molar-refractivity contribution in [1.82, 2.24) is 4.90 Å². The third kappa shape index (κ3) is 4.47. The zero-order valence-electron chi connectivity index (χ0n) is 10.0. The lowest BCUT2D eigenvalue weighted by Gasteiger charge is -2.20. The van der Waals surface area contributed by atoms with Gasteiger partial charge < -0.3 is 4.90 Å². The molecule has 0 aliphatic heterocycles. The van der Waals surface area contributed by atoms with Crippen molar-refractivity contribution in [1.29, 1.82) is 0 Å². The van der Waals surface area contributed by atoms with E-state index in [0.717, 1.165) is 19.9 Å². The van der Waals surface area contributed by atoms with E-state index in [9.17, 15) is 26.4 Å². The molecule has 1 aliphatic rings. The number of halogens is 3. The van der Waals surface area contributed by atoms with Gasteiger partial charge in [-0.2, -0.15) is 13.2 Å². The second-order valence-electron chi connectivity index (χ2n) is 4.58. The Kier molecular flexibility index (Phi) is 4.63. The lowest BCUT2D eigenvalue weighted by atomic mass is 10.4. The fourth-order valence-electron chi connectivity index (χ4n) is 2.00. The molecule has 1 aliphatic carbocycles. The first-order chi connectivity index (χ1) is 8.12. The molecule has 4 nitrogen and oxygen atoms in total. The smallest absolute Gasteiger partial charge is 0.336 e. The topological polar surface area (TPSA) is 54.5 Å². The summed E-state index contributed by atoms with van der Waals surface area (Å²) in [7, 11) is -2.66. The third-order valence-electron chi connectivity index (χ3n) is 2.98. The number of hydrogen-bond donors (Lipinski definition) is 0. The highest BCUT2D eigenvalue weighted by atomic mass is 32.2. The molecule has 0 aromatic heterocycles. The Bertz CT molecular complexity index is 399. The zero-order valence-corrected chi connectivity index (χ0v) is 10.9. The molecule has 1 rings (SSSR count). The van der Waals surface area contributed by atoms with Gasteiger partial charge in [0.2, 0.25) is 5.91 Å². The highest BCUT2D eigenvalue weighted by molar-refractivity contribution is 7.92. The SMILES string of the molecule is CN(CC(F)(F)F)C(=O)CS(=O)(=O)C1CCCC1. The molecule has 0 aromatic rings. The summed E-state index contributed by atoms with van der Waals surface area (Å²) in [5, 5.41) is -0.569. The van der Waals surface area contributed by atoms with E-state index < -0.39 is 39.5 Å². The van der Waals surface area contributed by atoms with Gasteiger partial charge in [0, 0.05) is 7.05 Å². The van der Waals surface area contributed by atoms with Crippen molar-refractivity contribution in [2.24, 2.45) is 0 Å². The number of amides is 1. The first-order valence-electron chi connectivity index (χ1n) is 5.64. The Morgan fingerprint density at radius 3 is 2.22 bits per heavy atom. The number of alkyl halides is 3. The minimum atomic E-state index is -4.51. The summed E-state index contributed by atoms with van der Waals surface area (Å²) >= 11 is 0. The van der Waals surface area contributed by atoms with Crippen molar-refractivity contribution in [2.45, 2.75) is 37.1 Å². The van der Waals surface area contributed by atoms with Crippen LogP contribution >= 0.6 is 0 Å². The standard InChI is InChI=1S/C10H16F3NO3S/c1-14(7-10(11,12)13)9(15)6-18(16,17)8-4-2-3-5-8/h8H,2-7H2,1H3. The van der Waals surface area contributed by atoms with E-state index >= 15 is 0 Å². The van der Waals surface area contributed by atoms with Crippen LogP contribution in [0.3, 0.4) is 0 Å². The molecule has 0 aromatic carbocycles. The van der Waals surface area contributed by atoms with Crippen LogP contribution in [0, 0.1) is 0 Å². The first-order valence-corrected chi connectivity index (χ1v) is 7.35. The maximum absolute atomic E-state index is 12.1. The summed E-state index contributed by atoms with van der Waals surface area (Å²) in [5.74, 6) is -1.83. The van der Waals surface area contributed by atoms with Gasteiger partial charge in [0.25, 0.3) is 0 Å². The van der Waals surface area contributed by atoms with Crippen LogP contribution in [0.5, 0.6) is 0 Å². The monoisotopic (exact) mass is 287 g/mol. The number of carbonyl (C=O) groups excluding carboxylic acids is 1. The van der Waals surface area contributed by atoms with Crippen molar-refractivity contribution in [3.8, 4) is 0 Å². The number of nitrogens with zero attached hydrogens (tertiary/aromatic N) is 1. The van der Waals surface area contributed by atoms with Gasteiger partial charge in [-0.3, -0.25) is 4.79 Å². The Morgan fingerprint density at radius 2 is 1.78 bits per heavy atom. The second-order valence-corrected chi connectivity index (χ2v) is 6.86. The van der Waals surface area contributed by atoms with Gasteiger partial charge in [-0.25, -0.2) is 8.42 Å². The van der Waals surface area contributed by atoms with Gasteiger partial charge in [-0.05, 0) is 12.8 Å². The molecular weight excluding hydrogens is 271 g/mol. The molecule has 0 spiro atoms. The lowest BCUT2D eigenvalue weighted by molar-refractivity contribution is -0.156. The summed E-state index contributed by atoms with van der Waals surface area (Å²) < 4.78 is 59.7. The van der Waals surface area contributed by atoms with E-state index in [-0.39, 0.29) is 0 Å². The molecule has 0 atom stereocenters. The van der Waals surface area contributed by atoms with Gasteiger partial charge in [0.05, 0.1) is 5.25 Å². The van der Waals surface area contributed by atoms with E-state index in [4.69, 9.17) is 0 Å². The highest BCUT2D eigenvalue weighted by Crippen LogP contribution is 2.25. The fourth-order valence-corrected chi connectivity index (χ4v) is 3.86. The molecule has 18 heavy (non-hydrogen) atoms. The summed E-state index contributed by atoms with van der Waals surface area (Å²) in [6, 6.07) is 0. The average molecular weight is 287 g/mol. The molecule has 0 saturated heterocycles. The largest absolute Gasteiger partial charge is 0.406 e. The maximum atomic E-state index is 12.1. The fraction of sp³-hybridized carbons (Fsp3) is 0.900. The van der Waals surface area contributed by atoms with Crippen LogP contribution in [0.4, 0.5) is 13.2 Å². The quantitative estimate of drug-likeness (QED) is 0.784. The molecule has 1 fully saturated rings. The minimum Gasteiger partial charge on any atom is -0.336 e. The van der Waals surface area contributed by atoms with Gasteiger partial charge in [0.15, 0.2) is 9.84 Å². The van der Waals surface area contributed by atoms with Crippen LogP contribution in [-0.2, 0) is 14.6 Å². The first kappa shape index (κ1) is 15.3. The molecule has 0 N–H and O–H groups in total. The lowest BCUT2D eigenvalue weighted by Crippen LogP contribution is -2.40. The highest BCUT2D eigenvalue weighted by Gasteiger charge is 2.35. The Morgan fingerprint density at radius 1 is 1.28 bits per heavy atom. The van der Waals surface area contributed by atoms with Crippen LogP contribution in [-0.4, -0.2) is 50.0 Å². The van der Waals surface area contributed by atoms with Crippen LogP contribution in [0.1, 0.15) is 25.7 Å². The molecule has 8 heteroatoms. The van der Waals surface area contributed by atoms with Crippen molar-refractivity contribution < 1.29 is 26.4 Å². The summed E-state index contributed by atoms with van der Waals surface area (Å²) in [4.78, 5) is 11.8. The number of sulfone groups is 1. The van der Waals surface area contributed by atoms with Crippen molar-refractivity contribution in [3.05, 3.63) is 0 Å². The Labute approximate surface area is 104 Å². The minimum absolute atomic E-state index is 0.409. The van der Waals surface area contributed by atoms with Crippen molar-refractivity contribution >= 4 is 15.7 Å².